The van der Waals surface area contributed by atoms with Gasteiger partial charge in [-0.15, -0.1) is 0 Å². The van der Waals surface area contributed by atoms with Crippen LogP contribution in [0.5, 0.6) is 23.0 Å². The standard InChI is InChI=1S/C36H34FN3O7/c1-44-31-12-7-23-19-32(31)46-16-4-14-38-35(42)29-20-27(9-11-30(29)37)47-26-8-10-28-22(18-26)13-15-40(34(23)28)36(43)24-5-3-6-25(17-24)39-21-33(41)45-2/h3,5-12,17-20,34,39H,4,13-16,21H2,1-2H3,(H,38,42). The van der Waals surface area contributed by atoms with Crippen LogP contribution in [0.15, 0.2) is 78.9 Å². The van der Waals surface area contributed by atoms with Gasteiger partial charge < -0.3 is 34.5 Å². The van der Waals surface area contributed by atoms with Crippen molar-refractivity contribution in [3.8, 4) is 23.0 Å². The molecule has 0 aliphatic carbocycles. The fourth-order valence-electron chi connectivity index (χ4n) is 5.83. The minimum absolute atomic E-state index is 0.0293. The van der Waals surface area contributed by atoms with E-state index >= 15 is 0 Å². The molecule has 4 aromatic rings. The Balaban J connectivity index is 1.41. The summed E-state index contributed by atoms with van der Waals surface area (Å²) in [6.07, 6.45) is 1.00. The summed E-state index contributed by atoms with van der Waals surface area (Å²) < 4.78 is 37.1. The van der Waals surface area contributed by atoms with Gasteiger partial charge >= 0.3 is 5.97 Å². The van der Waals surface area contributed by atoms with Gasteiger partial charge in [0.2, 0.25) is 0 Å². The van der Waals surface area contributed by atoms with E-state index in [4.69, 9.17) is 18.9 Å². The van der Waals surface area contributed by atoms with E-state index in [1.807, 2.05) is 35.2 Å². The first-order chi connectivity index (χ1) is 22.8. The van der Waals surface area contributed by atoms with Crippen LogP contribution in [0.3, 0.4) is 0 Å². The zero-order valence-corrected chi connectivity index (χ0v) is 26.0. The van der Waals surface area contributed by atoms with E-state index in [1.165, 1.54) is 25.3 Å². The SMILES string of the molecule is COC(=O)CNc1cccc(C(=O)N2CCc3cc4ccc3C2c2ccc(OC)c(c2)OCCCNC(=O)c2cc(ccc2F)O4)c1. The lowest BCUT2D eigenvalue weighted by molar-refractivity contribution is -0.138. The Bertz CT molecular complexity index is 1830. The molecule has 0 radical (unpaired) electrons. The van der Waals surface area contributed by atoms with Crippen LogP contribution in [0.1, 0.15) is 49.9 Å². The second kappa shape index (κ2) is 13.8. The van der Waals surface area contributed by atoms with Crippen LogP contribution in [0.4, 0.5) is 10.1 Å². The number of carbonyl (C=O) groups is 3. The van der Waals surface area contributed by atoms with Crippen molar-refractivity contribution in [2.75, 3.05) is 45.8 Å². The molecular formula is C36H34FN3O7. The van der Waals surface area contributed by atoms with Gasteiger partial charge in [0.1, 0.15) is 23.9 Å². The molecule has 0 spiro atoms. The first-order valence-electron chi connectivity index (χ1n) is 15.3. The second-order valence-electron chi connectivity index (χ2n) is 11.1. The number of carbonyl (C=O) groups excluding carboxylic acids is 3. The highest BCUT2D eigenvalue weighted by atomic mass is 19.1. The molecule has 3 aliphatic heterocycles. The Labute approximate surface area is 271 Å². The summed E-state index contributed by atoms with van der Waals surface area (Å²) >= 11 is 0. The lowest BCUT2D eigenvalue weighted by Crippen LogP contribution is -2.40. The summed E-state index contributed by atoms with van der Waals surface area (Å²) in [6, 6.07) is 21.9. The molecule has 0 aromatic heterocycles. The van der Waals surface area contributed by atoms with Gasteiger partial charge in [0.25, 0.3) is 11.8 Å². The van der Waals surface area contributed by atoms with Crippen LogP contribution >= 0.6 is 0 Å². The van der Waals surface area contributed by atoms with Crippen molar-refractivity contribution in [3.05, 3.63) is 112 Å². The normalized spacial score (nSPS) is 15.7. The molecule has 0 fully saturated rings. The number of hydrogen-bond acceptors (Lipinski definition) is 8. The molecule has 0 saturated heterocycles. The fourth-order valence-corrected chi connectivity index (χ4v) is 5.83. The van der Waals surface area contributed by atoms with Crippen molar-refractivity contribution >= 4 is 23.5 Å². The molecule has 8 bridgehead atoms. The van der Waals surface area contributed by atoms with Gasteiger partial charge in [-0.05, 0) is 90.2 Å². The van der Waals surface area contributed by atoms with Crippen LogP contribution < -0.4 is 24.8 Å². The number of nitrogens with zero attached hydrogens (tertiary/aromatic N) is 1. The summed E-state index contributed by atoms with van der Waals surface area (Å²) in [6.45, 7) is 0.889. The number of benzene rings is 4. The number of anilines is 1. The number of esters is 1. The smallest absolute Gasteiger partial charge is 0.325 e. The lowest BCUT2D eigenvalue weighted by Gasteiger charge is -2.38. The zero-order chi connectivity index (χ0) is 32.9. The Morgan fingerprint density at radius 1 is 1.02 bits per heavy atom. The summed E-state index contributed by atoms with van der Waals surface area (Å²) in [4.78, 5) is 40.5. The van der Waals surface area contributed by atoms with Crippen molar-refractivity contribution < 1.29 is 37.7 Å². The second-order valence-corrected chi connectivity index (χ2v) is 11.1. The van der Waals surface area contributed by atoms with E-state index in [-0.39, 0.29) is 31.2 Å². The maximum absolute atomic E-state index is 14.6. The molecule has 7 rings (SSSR count). The molecule has 1 atom stereocenters. The zero-order valence-electron chi connectivity index (χ0n) is 26.0. The van der Waals surface area contributed by atoms with Crippen molar-refractivity contribution in [2.45, 2.75) is 18.9 Å². The van der Waals surface area contributed by atoms with Crippen molar-refractivity contribution in [2.24, 2.45) is 0 Å². The molecular weight excluding hydrogens is 605 g/mol. The summed E-state index contributed by atoms with van der Waals surface area (Å²) in [5.74, 6) is 0.0593. The van der Waals surface area contributed by atoms with Crippen LogP contribution in [0, 0.1) is 5.82 Å². The van der Waals surface area contributed by atoms with Gasteiger partial charge in [0, 0.05) is 24.3 Å². The highest BCUT2D eigenvalue weighted by Gasteiger charge is 2.34. The van der Waals surface area contributed by atoms with Gasteiger partial charge in [0.05, 0.1) is 32.4 Å². The molecule has 2 amide bonds. The summed E-state index contributed by atoms with van der Waals surface area (Å²) in [7, 11) is 2.87. The van der Waals surface area contributed by atoms with Gasteiger partial charge in [0.15, 0.2) is 11.5 Å². The van der Waals surface area contributed by atoms with Crippen molar-refractivity contribution in [1.29, 1.82) is 0 Å². The Hall–Kier alpha value is -5.58. The van der Waals surface area contributed by atoms with E-state index in [1.54, 1.807) is 37.4 Å². The summed E-state index contributed by atoms with van der Waals surface area (Å²) in [5, 5.41) is 5.74. The number of hydrogen-bond donors (Lipinski definition) is 2. The Morgan fingerprint density at radius 3 is 2.68 bits per heavy atom. The molecule has 11 heteroatoms. The third-order valence-electron chi connectivity index (χ3n) is 8.16. The maximum atomic E-state index is 14.6. The monoisotopic (exact) mass is 639 g/mol. The number of rotatable bonds is 5. The average Bonchev–Trinajstić information content (AvgIpc) is 3.10. The largest absolute Gasteiger partial charge is 0.493 e. The van der Waals surface area contributed by atoms with E-state index in [0.717, 1.165) is 16.7 Å². The van der Waals surface area contributed by atoms with Crippen LogP contribution in [-0.4, -0.2) is 63.1 Å². The first kappa shape index (κ1) is 31.4. The maximum Gasteiger partial charge on any atom is 0.325 e. The molecule has 3 aliphatic rings. The van der Waals surface area contributed by atoms with Crippen molar-refractivity contribution in [1.82, 2.24) is 10.2 Å². The number of nitrogens with one attached hydrogen (secondary N) is 2. The highest BCUT2D eigenvalue weighted by Crippen LogP contribution is 2.41. The van der Waals surface area contributed by atoms with E-state index in [2.05, 4.69) is 10.6 Å². The predicted molar refractivity (Wildman–Crippen MR) is 172 cm³/mol. The number of methoxy groups -OCH3 is 2. The average molecular weight is 640 g/mol. The Morgan fingerprint density at radius 2 is 1.85 bits per heavy atom. The topological polar surface area (TPSA) is 115 Å². The number of halogens is 1. The molecule has 10 nitrogen and oxygen atoms in total. The molecule has 2 N–H and O–H groups in total. The van der Waals surface area contributed by atoms with Crippen LogP contribution in [0.25, 0.3) is 0 Å². The predicted octanol–water partition coefficient (Wildman–Crippen LogP) is 5.51. The van der Waals surface area contributed by atoms with E-state index in [9.17, 15) is 18.8 Å². The van der Waals surface area contributed by atoms with Crippen LogP contribution in [0.2, 0.25) is 0 Å². The van der Waals surface area contributed by atoms with Crippen molar-refractivity contribution in [3.63, 3.8) is 0 Å². The number of fused-ring (bicyclic) bond motifs is 6. The fraction of sp³-hybridized carbons (Fsp3) is 0.250. The van der Waals surface area contributed by atoms with Gasteiger partial charge in [-0.25, -0.2) is 4.39 Å². The molecule has 242 valence electrons. The minimum atomic E-state index is -0.648. The third-order valence-corrected chi connectivity index (χ3v) is 8.16. The van der Waals surface area contributed by atoms with Gasteiger partial charge in [-0.2, -0.15) is 0 Å². The molecule has 0 saturated carbocycles. The summed E-state index contributed by atoms with van der Waals surface area (Å²) in [5.41, 5.74) is 3.67. The quantitative estimate of drug-likeness (QED) is 0.275. The van der Waals surface area contributed by atoms with Crippen LogP contribution in [-0.2, 0) is 16.0 Å². The lowest BCUT2D eigenvalue weighted by atomic mass is 9.87. The number of amides is 2. The molecule has 4 aromatic carbocycles. The first-order valence-corrected chi connectivity index (χ1v) is 15.3. The minimum Gasteiger partial charge on any atom is -0.493 e. The highest BCUT2D eigenvalue weighted by molar-refractivity contribution is 5.96. The Kier molecular flexibility index (Phi) is 9.23. The third kappa shape index (κ3) is 6.84. The number of ether oxygens (including phenoxy) is 4. The molecule has 1 unspecified atom stereocenters. The molecule has 3 heterocycles. The van der Waals surface area contributed by atoms with Gasteiger partial charge in [-0.1, -0.05) is 18.2 Å². The molecule has 47 heavy (non-hydrogen) atoms. The van der Waals surface area contributed by atoms with E-state index in [0.29, 0.717) is 53.6 Å². The van der Waals surface area contributed by atoms with E-state index < -0.39 is 23.7 Å². The van der Waals surface area contributed by atoms with Gasteiger partial charge in [-0.3, -0.25) is 14.4 Å².